The largest absolute Gasteiger partial charge is 0.351 e. The molecule has 0 radical (unpaired) electrons. The Labute approximate surface area is 84.3 Å². The SMILES string of the molecule is CCCCn1ccc(C(=O)NCC)n1. The second kappa shape index (κ2) is 5.42. The van der Waals surface area contributed by atoms with E-state index in [1.165, 1.54) is 0 Å². The summed E-state index contributed by atoms with van der Waals surface area (Å²) in [6.45, 7) is 5.55. The number of amides is 1. The zero-order valence-corrected chi connectivity index (χ0v) is 8.79. The molecule has 0 aromatic carbocycles. The van der Waals surface area contributed by atoms with E-state index in [0.29, 0.717) is 12.2 Å². The lowest BCUT2D eigenvalue weighted by molar-refractivity contribution is 0.0950. The second-order valence-corrected chi connectivity index (χ2v) is 3.18. The fourth-order valence-corrected chi connectivity index (χ4v) is 1.18. The molecule has 78 valence electrons. The molecule has 0 atom stereocenters. The maximum absolute atomic E-state index is 11.3. The van der Waals surface area contributed by atoms with Gasteiger partial charge in [0.15, 0.2) is 0 Å². The molecular formula is C10H17N3O. The van der Waals surface area contributed by atoms with E-state index in [4.69, 9.17) is 0 Å². The van der Waals surface area contributed by atoms with Gasteiger partial charge in [-0.05, 0) is 19.4 Å². The van der Waals surface area contributed by atoms with Crippen molar-refractivity contribution in [3.8, 4) is 0 Å². The van der Waals surface area contributed by atoms with Crippen LogP contribution in [0.2, 0.25) is 0 Å². The summed E-state index contributed by atoms with van der Waals surface area (Å²) in [5, 5.41) is 6.89. The first kappa shape index (κ1) is 10.8. The summed E-state index contributed by atoms with van der Waals surface area (Å²) in [5.41, 5.74) is 0.503. The van der Waals surface area contributed by atoms with Crippen molar-refractivity contribution >= 4 is 5.91 Å². The Hall–Kier alpha value is -1.32. The minimum absolute atomic E-state index is 0.0947. The van der Waals surface area contributed by atoms with Crippen LogP contribution in [-0.4, -0.2) is 22.2 Å². The van der Waals surface area contributed by atoms with Crippen LogP contribution in [0.4, 0.5) is 0 Å². The number of carbonyl (C=O) groups is 1. The van der Waals surface area contributed by atoms with Gasteiger partial charge in [-0.3, -0.25) is 9.48 Å². The molecule has 14 heavy (non-hydrogen) atoms. The molecule has 0 aliphatic carbocycles. The van der Waals surface area contributed by atoms with Gasteiger partial charge in [-0.1, -0.05) is 13.3 Å². The minimum Gasteiger partial charge on any atom is -0.351 e. The van der Waals surface area contributed by atoms with E-state index in [-0.39, 0.29) is 5.91 Å². The molecule has 1 aromatic heterocycles. The number of aryl methyl sites for hydroxylation is 1. The van der Waals surface area contributed by atoms with Crippen molar-refractivity contribution in [2.75, 3.05) is 6.54 Å². The first-order chi connectivity index (χ1) is 6.77. The number of nitrogens with one attached hydrogen (secondary N) is 1. The first-order valence-corrected chi connectivity index (χ1v) is 5.09. The Balaban J connectivity index is 2.54. The van der Waals surface area contributed by atoms with Crippen molar-refractivity contribution in [3.63, 3.8) is 0 Å². The van der Waals surface area contributed by atoms with Gasteiger partial charge in [-0.2, -0.15) is 5.10 Å². The maximum atomic E-state index is 11.3. The molecule has 0 bridgehead atoms. The number of hydrogen-bond donors (Lipinski definition) is 1. The van der Waals surface area contributed by atoms with Gasteiger partial charge in [-0.25, -0.2) is 0 Å². The predicted molar refractivity (Wildman–Crippen MR) is 55.1 cm³/mol. The molecule has 1 N–H and O–H groups in total. The fraction of sp³-hybridized carbons (Fsp3) is 0.600. The smallest absolute Gasteiger partial charge is 0.271 e. The summed E-state index contributed by atoms with van der Waals surface area (Å²) in [6.07, 6.45) is 4.08. The maximum Gasteiger partial charge on any atom is 0.271 e. The standard InChI is InChI=1S/C10H17N3O/c1-3-5-7-13-8-6-9(12-13)10(14)11-4-2/h6,8H,3-5,7H2,1-2H3,(H,11,14). The van der Waals surface area contributed by atoms with Crippen LogP contribution >= 0.6 is 0 Å². The molecule has 4 nitrogen and oxygen atoms in total. The van der Waals surface area contributed by atoms with Gasteiger partial charge in [0.25, 0.3) is 5.91 Å². The van der Waals surface area contributed by atoms with Crippen molar-refractivity contribution in [2.45, 2.75) is 33.2 Å². The normalized spacial score (nSPS) is 10.1. The zero-order chi connectivity index (χ0) is 10.4. The zero-order valence-electron chi connectivity index (χ0n) is 8.79. The van der Waals surface area contributed by atoms with Crippen LogP contribution in [0.1, 0.15) is 37.2 Å². The third-order valence-electron chi connectivity index (χ3n) is 1.95. The molecule has 1 aromatic rings. The van der Waals surface area contributed by atoms with Gasteiger partial charge in [0.1, 0.15) is 5.69 Å². The van der Waals surface area contributed by atoms with Crippen LogP contribution in [-0.2, 0) is 6.54 Å². The molecule has 0 aliphatic rings. The average Bonchev–Trinajstić information content (AvgIpc) is 2.63. The van der Waals surface area contributed by atoms with Crippen LogP contribution in [0.3, 0.4) is 0 Å². The molecule has 0 saturated carbocycles. The molecule has 0 saturated heterocycles. The Bertz CT molecular complexity index is 293. The van der Waals surface area contributed by atoms with E-state index < -0.39 is 0 Å². The quantitative estimate of drug-likeness (QED) is 0.772. The lowest BCUT2D eigenvalue weighted by Crippen LogP contribution is -2.23. The van der Waals surface area contributed by atoms with Crippen LogP contribution in [0.25, 0.3) is 0 Å². The van der Waals surface area contributed by atoms with Gasteiger partial charge in [0.2, 0.25) is 0 Å². The van der Waals surface area contributed by atoms with Crippen LogP contribution in [0, 0.1) is 0 Å². The Morgan fingerprint density at radius 3 is 3.00 bits per heavy atom. The molecule has 0 spiro atoms. The topological polar surface area (TPSA) is 46.9 Å². The molecule has 0 unspecified atom stereocenters. The Morgan fingerprint density at radius 1 is 1.57 bits per heavy atom. The number of unbranched alkanes of at least 4 members (excludes halogenated alkanes) is 1. The molecular weight excluding hydrogens is 178 g/mol. The number of nitrogens with zero attached hydrogens (tertiary/aromatic N) is 2. The molecule has 0 fully saturated rings. The van der Waals surface area contributed by atoms with Crippen LogP contribution < -0.4 is 5.32 Å². The first-order valence-electron chi connectivity index (χ1n) is 5.09. The van der Waals surface area contributed by atoms with Gasteiger partial charge in [0, 0.05) is 19.3 Å². The van der Waals surface area contributed by atoms with E-state index >= 15 is 0 Å². The van der Waals surface area contributed by atoms with Crippen molar-refractivity contribution < 1.29 is 4.79 Å². The summed E-state index contributed by atoms with van der Waals surface area (Å²) >= 11 is 0. The van der Waals surface area contributed by atoms with Crippen LogP contribution in [0.5, 0.6) is 0 Å². The minimum atomic E-state index is -0.0947. The lowest BCUT2D eigenvalue weighted by Gasteiger charge is -1.99. The van der Waals surface area contributed by atoms with Gasteiger partial charge < -0.3 is 5.32 Å². The highest BCUT2D eigenvalue weighted by Gasteiger charge is 2.06. The average molecular weight is 195 g/mol. The number of carbonyl (C=O) groups excluding carboxylic acids is 1. The van der Waals surface area contributed by atoms with E-state index in [1.54, 1.807) is 6.07 Å². The van der Waals surface area contributed by atoms with E-state index in [0.717, 1.165) is 19.4 Å². The molecule has 0 aliphatic heterocycles. The predicted octanol–water partition coefficient (Wildman–Crippen LogP) is 1.43. The summed E-state index contributed by atoms with van der Waals surface area (Å²) in [4.78, 5) is 11.3. The van der Waals surface area contributed by atoms with Crippen molar-refractivity contribution in [1.29, 1.82) is 0 Å². The van der Waals surface area contributed by atoms with Crippen molar-refractivity contribution in [1.82, 2.24) is 15.1 Å². The number of aromatic nitrogens is 2. The van der Waals surface area contributed by atoms with Crippen LogP contribution in [0.15, 0.2) is 12.3 Å². The molecule has 4 heteroatoms. The molecule has 1 rings (SSSR count). The highest BCUT2D eigenvalue weighted by Crippen LogP contribution is 1.98. The molecule has 1 amide bonds. The highest BCUT2D eigenvalue weighted by atomic mass is 16.1. The number of hydrogen-bond acceptors (Lipinski definition) is 2. The third kappa shape index (κ3) is 2.87. The van der Waals surface area contributed by atoms with Gasteiger partial charge in [0.05, 0.1) is 0 Å². The van der Waals surface area contributed by atoms with Gasteiger partial charge >= 0.3 is 0 Å². The van der Waals surface area contributed by atoms with Crippen molar-refractivity contribution in [2.24, 2.45) is 0 Å². The Morgan fingerprint density at radius 2 is 2.36 bits per heavy atom. The van der Waals surface area contributed by atoms with E-state index in [1.807, 2.05) is 17.8 Å². The monoisotopic (exact) mass is 195 g/mol. The summed E-state index contributed by atoms with van der Waals surface area (Å²) in [6, 6.07) is 1.75. The highest BCUT2D eigenvalue weighted by molar-refractivity contribution is 5.92. The number of rotatable bonds is 5. The summed E-state index contributed by atoms with van der Waals surface area (Å²) in [5.74, 6) is -0.0947. The van der Waals surface area contributed by atoms with E-state index in [9.17, 15) is 4.79 Å². The summed E-state index contributed by atoms with van der Waals surface area (Å²) < 4.78 is 1.81. The Kier molecular flexibility index (Phi) is 4.16. The van der Waals surface area contributed by atoms with Gasteiger partial charge in [-0.15, -0.1) is 0 Å². The molecule has 1 heterocycles. The fourth-order valence-electron chi connectivity index (χ4n) is 1.18. The lowest BCUT2D eigenvalue weighted by atomic mass is 10.3. The van der Waals surface area contributed by atoms with Crippen molar-refractivity contribution in [3.05, 3.63) is 18.0 Å². The third-order valence-corrected chi connectivity index (χ3v) is 1.95. The summed E-state index contributed by atoms with van der Waals surface area (Å²) in [7, 11) is 0. The second-order valence-electron chi connectivity index (χ2n) is 3.18. The van der Waals surface area contributed by atoms with E-state index in [2.05, 4.69) is 17.3 Å².